The summed E-state index contributed by atoms with van der Waals surface area (Å²) in [5.41, 5.74) is 2.58. The molecule has 26 heavy (non-hydrogen) atoms. The summed E-state index contributed by atoms with van der Waals surface area (Å²) in [7, 11) is 0. The van der Waals surface area contributed by atoms with Gasteiger partial charge in [-0.3, -0.25) is 4.79 Å². The van der Waals surface area contributed by atoms with Crippen LogP contribution in [-0.4, -0.2) is 10.8 Å². The highest BCUT2D eigenvalue weighted by Crippen LogP contribution is 2.41. The third-order valence-electron chi connectivity index (χ3n) is 3.96. The number of rotatable bonds is 5. The van der Waals surface area contributed by atoms with E-state index in [1.165, 1.54) is 11.8 Å². The molecule has 0 N–H and O–H groups in total. The Labute approximate surface area is 164 Å². The van der Waals surface area contributed by atoms with Crippen LogP contribution in [0.3, 0.4) is 0 Å². The standard InChI is InChI=1S/C21H14ClNOS2/c22-16-12-10-15(11-13-16)20(19(24)14-6-2-1-3-7-14)26-21-23-17-8-4-5-9-18(17)25-21/h1-13,20H. The molecule has 0 bridgehead atoms. The molecule has 0 radical (unpaired) electrons. The smallest absolute Gasteiger partial charge is 0.180 e. The van der Waals surface area contributed by atoms with E-state index in [0.717, 1.165) is 20.1 Å². The van der Waals surface area contributed by atoms with Gasteiger partial charge < -0.3 is 0 Å². The number of para-hydroxylation sites is 1. The van der Waals surface area contributed by atoms with Gasteiger partial charge in [0.15, 0.2) is 10.1 Å². The summed E-state index contributed by atoms with van der Waals surface area (Å²) in [6.45, 7) is 0. The minimum Gasteiger partial charge on any atom is -0.293 e. The normalized spacial score (nSPS) is 12.2. The van der Waals surface area contributed by atoms with Crippen molar-refractivity contribution in [2.75, 3.05) is 0 Å². The monoisotopic (exact) mass is 395 g/mol. The quantitative estimate of drug-likeness (QED) is 0.279. The van der Waals surface area contributed by atoms with Gasteiger partial charge in [-0.05, 0) is 29.8 Å². The summed E-state index contributed by atoms with van der Waals surface area (Å²) < 4.78 is 2.01. The maximum Gasteiger partial charge on any atom is 0.180 e. The number of ketones is 1. The van der Waals surface area contributed by atoms with E-state index in [4.69, 9.17) is 11.6 Å². The van der Waals surface area contributed by atoms with Gasteiger partial charge in [-0.1, -0.05) is 78.0 Å². The molecule has 0 fully saturated rings. The average Bonchev–Trinajstić information content (AvgIpc) is 3.10. The Hall–Kier alpha value is -2.14. The second-order valence-electron chi connectivity index (χ2n) is 5.73. The highest BCUT2D eigenvalue weighted by molar-refractivity contribution is 8.02. The molecule has 1 aromatic heterocycles. The van der Waals surface area contributed by atoms with Gasteiger partial charge in [-0.2, -0.15) is 0 Å². The molecule has 4 rings (SSSR count). The van der Waals surface area contributed by atoms with Crippen LogP contribution in [-0.2, 0) is 0 Å². The van der Waals surface area contributed by atoms with Gasteiger partial charge in [0.1, 0.15) is 0 Å². The number of benzene rings is 3. The van der Waals surface area contributed by atoms with Gasteiger partial charge in [0, 0.05) is 10.6 Å². The van der Waals surface area contributed by atoms with Crippen molar-refractivity contribution in [1.29, 1.82) is 0 Å². The summed E-state index contributed by atoms with van der Waals surface area (Å²) in [4.78, 5) is 17.8. The Morgan fingerprint density at radius 2 is 1.62 bits per heavy atom. The summed E-state index contributed by atoms with van der Waals surface area (Å²) in [6.07, 6.45) is 0. The highest BCUT2D eigenvalue weighted by atomic mass is 35.5. The molecule has 1 atom stereocenters. The van der Waals surface area contributed by atoms with Gasteiger partial charge in [-0.15, -0.1) is 11.3 Å². The molecule has 0 aliphatic rings. The lowest BCUT2D eigenvalue weighted by molar-refractivity contribution is 0.0989. The molecule has 5 heteroatoms. The van der Waals surface area contributed by atoms with E-state index in [9.17, 15) is 4.79 Å². The van der Waals surface area contributed by atoms with Crippen LogP contribution in [0.25, 0.3) is 10.2 Å². The van der Waals surface area contributed by atoms with Crippen molar-refractivity contribution in [2.45, 2.75) is 9.59 Å². The molecule has 0 saturated heterocycles. The first-order valence-electron chi connectivity index (χ1n) is 8.08. The Bertz CT molecular complexity index is 1010. The van der Waals surface area contributed by atoms with Crippen molar-refractivity contribution >= 4 is 50.7 Å². The van der Waals surface area contributed by atoms with E-state index in [1.54, 1.807) is 11.3 Å². The van der Waals surface area contributed by atoms with Crippen molar-refractivity contribution in [1.82, 2.24) is 4.98 Å². The third-order valence-corrected chi connectivity index (χ3v) is 6.60. The lowest BCUT2D eigenvalue weighted by Crippen LogP contribution is -2.09. The Kier molecular flexibility index (Phi) is 5.07. The summed E-state index contributed by atoms with van der Waals surface area (Å²) in [5.74, 6) is 0.0668. The largest absolute Gasteiger partial charge is 0.293 e. The second-order valence-corrected chi connectivity index (χ2v) is 8.55. The molecule has 128 valence electrons. The average molecular weight is 396 g/mol. The summed E-state index contributed by atoms with van der Waals surface area (Å²) >= 11 is 9.13. The van der Waals surface area contributed by atoms with E-state index in [2.05, 4.69) is 4.98 Å². The van der Waals surface area contributed by atoms with Gasteiger partial charge in [0.25, 0.3) is 0 Å². The Morgan fingerprint density at radius 3 is 2.35 bits per heavy atom. The predicted octanol–water partition coefficient (Wildman–Crippen LogP) is 6.67. The minimum atomic E-state index is -0.366. The number of nitrogens with zero attached hydrogens (tertiary/aromatic N) is 1. The Balaban J connectivity index is 1.72. The maximum atomic E-state index is 13.2. The fourth-order valence-electron chi connectivity index (χ4n) is 2.67. The van der Waals surface area contributed by atoms with Crippen LogP contribution in [0, 0.1) is 0 Å². The van der Waals surface area contributed by atoms with E-state index < -0.39 is 0 Å². The number of hydrogen-bond acceptors (Lipinski definition) is 4. The first-order valence-corrected chi connectivity index (χ1v) is 10.1. The van der Waals surface area contributed by atoms with Gasteiger partial charge in [0.05, 0.1) is 15.5 Å². The summed E-state index contributed by atoms with van der Waals surface area (Å²) in [6, 6.07) is 24.9. The molecule has 1 heterocycles. The lowest BCUT2D eigenvalue weighted by atomic mass is 10.0. The SMILES string of the molecule is O=C(c1ccccc1)C(Sc1nc2ccccc2s1)c1ccc(Cl)cc1. The molecular weight excluding hydrogens is 382 g/mol. The molecule has 0 aliphatic carbocycles. The number of carbonyl (C=O) groups is 1. The molecule has 3 aromatic carbocycles. The van der Waals surface area contributed by atoms with E-state index in [0.29, 0.717) is 10.6 Å². The van der Waals surface area contributed by atoms with E-state index >= 15 is 0 Å². The van der Waals surface area contributed by atoms with Crippen molar-refractivity contribution < 1.29 is 4.79 Å². The molecule has 0 saturated carbocycles. The molecule has 4 aromatic rings. The number of halogens is 1. The first kappa shape index (κ1) is 17.3. The summed E-state index contributed by atoms with van der Waals surface area (Å²) in [5, 5.41) is 0.292. The van der Waals surface area contributed by atoms with E-state index in [-0.39, 0.29) is 11.0 Å². The zero-order valence-corrected chi connectivity index (χ0v) is 16.0. The minimum absolute atomic E-state index is 0.0668. The number of thiazole rings is 1. The Morgan fingerprint density at radius 1 is 0.923 bits per heavy atom. The maximum absolute atomic E-state index is 13.2. The molecule has 0 spiro atoms. The van der Waals surface area contributed by atoms with E-state index in [1.807, 2.05) is 78.9 Å². The number of hydrogen-bond donors (Lipinski definition) is 0. The predicted molar refractivity (Wildman–Crippen MR) is 110 cm³/mol. The van der Waals surface area contributed by atoms with Crippen LogP contribution in [0.4, 0.5) is 0 Å². The molecule has 0 amide bonds. The van der Waals surface area contributed by atoms with Crippen molar-refractivity contribution in [3.05, 3.63) is 95.0 Å². The second kappa shape index (κ2) is 7.62. The number of aromatic nitrogens is 1. The van der Waals surface area contributed by atoms with Crippen LogP contribution in [0.15, 0.2) is 83.2 Å². The van der Waals surface area contributed by atoms with Gasteiger partial charge >= 0.3 is 0 Å². The van der Waals surface area contributed by atoms with Crippen molar-refractivity contribution in [3.8, 4) is 0 Å². The fraction of sp³-hybridized carbons (Fsp3) is 0.0476. The molecule has 0 aliphatic heterocycles. The van der Waals surface area contributed by atoms with Crippen LogP contribution in [0.2, 0.25) is 5.02 Å². The van der Waals surface area contributed by atoms with Crippen LogP contribution in [0.5, 0.6) is 0 Å². The fourth-order valence-corrected chi connectivity index (χ4v) is 5.13. The van der Waals surface area contributed by atoms with Crippen LogP contribution < -0.4 is 0 Å². The molecule has 1 unspecified atom stereocenters. The number of carbonyl (C=O) groups excluding carboxylic acids is 1. The number of thioether (sulfide) groups is 1. The van der Waals surface area contributed by atoms with Crippen molar-refractivity contribution in [3.63, 3.8) is 0 Å². The molecule has 2 nitrogen and oxygen atoms in total. The number of fused-ring (bicyclic) bond motifs is 1. The lowest BCUT2D eigenvalue weighted by Gasteiger charge is -2.15. The van der Waals surface area contributed by atoms with Crippen molar-refractivity contribution in [2.24, 2.45) is 0 Å². The first-order chi connectivity index (χ1) is 12.7. The van der Waals surface area contributed by atoms with Gasteiger partial charge in [-0.25, -0.2) is 4.98 Å². The molecular formula is C21H14ClNOS2. The van der Waals surface area contributed by atoms with Gasteiger partial charge in [0.2, 0.25) is 0 Å². The zero-order valence-electron chi connectivity index (χ0n) is 13.6. The third kappa shape index (κ3) is 3.68. The van der Waals surface area contributed by atoms with Crippen LogP contribution >= 0.6 is 34.7 Å². The number of Topliss-reactive ketones (excluding diaryl/α,β-unsaturated/α-hetero) is 1. The zero-order chi connectivity index (χ0) is 17.9. The topological polar surface area (TPSA) is 30.0 Å². The highest BCUT2D eigenvalue weighted by Gasteiger charge is 2.25. The van der Waals surface area contributed by atoms with Crippen LogP contribution in [0.1, 0.15) is 21.2 Å².